The first-order chi connectivity index (χ1) is 11.7. The largest absolute Gasteiger partial charge is 0.595 e. The van der Waals surface area contributed by atoms with E-state index in [4.69, 9.17) is 22.7 Å². The second kappa shape index (κ2) is 8.96. The van der Waals surface area contributed by atoms with E-state index in [1.165, 1.54) is 28.1 Å². The van der Waals surface area contributed by atoms with Crippen LogP contribution < -0.4 is 13.8 Å². The van der Waals surface area contributed by atoms with E-state index in [1.54, 1.807) is 34.8 Å². The molecule has 11 heteroatoms. The highest BCUT2D eigenvalue weighted by Crippen LogP contribution is 2.24. The molecule has 1 atom stereocenters. The zero-order valence-electron chi connectivity index (χ0n) is 13.2. The van der Waals surface area contributed by atoms with Crippen LogP contribution in [0.4, 0.5) is 5.69 Å². The predicted molar refractivity (Wildman–Crippen MR) is 96.4 cm³/mol. The molecule has 0 aliphatic carbocycles. The van der Waals surface area contributed by atoms with Gasteiger partial charge in [0.05, 0.1) is 4.88 Å². The van der Waals surface area contributed by atoms with Crippen molar-refractivity contribution in [3.8, 4) is 10.4 Å². The topological polar surface area (TPSA) is 125 Å². The third-order valence-corrected chi connectivity index (χ3v) is 6.00. The summed E-state index contributed by atoms with van der Waals surface area (Å²) in [5.41, 5.74) is 1.43. The lowest BCUT2D eigenvalue weighted by Crippen LogP contribution is -2.99. The number of nitrogens with zero attached hydrogens (tertiary/aromatic N) is 1. The third kappa shape index (κ3) is 6.92. The van der Waals surface area contributed by atoms with Crippen LogP contribution >= 0.6 is 22.7 Å². The van der Waals surface area contributed by atoms with Gasteiger partial charge in [0.25, 0.3) is 0 Å². The molecule has 2 aromatic rings. The third-order valence-electron chi connectivity index (χ3n) is 3.49. The maximum atomic E-state index is 10.9. The van der Waals surface area contributed by atoms with Gasteiger partial charge in [0.1, 0.15) is 13.1 Å². The van der Waals surface area contributed by atoms with Crippen molar-refractivity contribution in [2.75, 3.05) is 13.1 Å². The fourth-order valence-electron chi connectivity index (χ4n) is 2.37. The van der Waals surface area contributed by atoms with Crippen LogP contribution in [0, 0.1) is 5.21 Å². The first kappa shape index (κ1) is 20.1. The number of hydrogen-bond donors (Lipinski definition) is 4. The van der Waals surface area contributed by atoms with E-state index in [1.807, 2.05) is 12.1 Å². The van der Waals surface area contributed by atoms with Gasteiger partial charge < -0.3 is 5.21 Å². The van der Waals surface area contributed by atoms with Crippen molar-refractivity contribution in [2.45, 2.75) is 19.3 Å². The summed E-state index contributed by atoms with van der Waals surface area (Å²) in [5.74, 6) is 0. The maximum Gasteiger partial charge on any atom is 0.394 e. The first-order valence-corrected chi connectivity index (χ1v) is 10.5. The van der Waals surface area contributed by atoms with E-state index >= 15 is 0 Å². The quantitative estimate of drug-likeness (QED) is 0.337. The molecule has 2 heterocycles. The number of nitrogens with one attached hydrogen (secondary N) is 1. The molecule has 0 spiro atoms. The molecule has 1 fully saturated rings. The minimum Gasteiger partial charge on any atom is -0.595 e. The zero-order chi connectivity index (χ0) is 18.4. The lowest BCUT2D eigenvalue weighted by Gasteiger charge is -2.11. The zero-order valence-corrected chi connectivity index (χ0v) is 15.6. The lowest BCUT2D eigenvalue weighted by molar-refractivity contribution is -0.991. The number of quaternary nitrogens is 1. The Morgan fingerprint density at radius 1 is 1.08 bits per heavy atom. The minimum atomic E-state index is -4.67. The molecule has 0 bridgehead atoms. The maximum absolute atomic E-state index is 10.9. The Hall–Kier alpha value is -1.18. The number of hydrogen-bond acceptors (Lipinski definition) is 6. The summed E-state index contributed by atoms with van der Waals surface area (Å²) in [5, 5.41) is 21.1. The van der Waals surface area contributed by atoms with Crippen molar-refractivity contribution in [1.82, 2.24) is 4.58 Å². The summed E-state index contributed by atoms with van der Waals surface area (Å²) in [6.45, 7) is 2.32. The molecule has 0 radical (unpaired) electrons. The molecule has 1 saturated heterocycles. The summed E-state index contributed by atoms with van der Waals surface area (Å²) < 4.78 is 35.4. The van der Waals surface area contributed by atoms with Crippen LogP contribution in [0.3, 0.4) is 0 Å². The summed E-state index contributed by atoms with van der Waals surface area (Å²) in [7, 11) is -4.67. The highest BCUT2D eigenvalue weighted by atomic mass is 32.3. The molecule has 0 amide bonds. The van der Waals surface area contributed by atoms with Crippen molar-refractivity contribution in [3.63, 3.8) is 0 Å². The minimum absolute atomic E-state index is 0.338. The highest BCUT2D eigenvalue weighted by Gasteiger charge is 2.14. The fraction of sp³-hybridized carbons (Fsp3) is 0.357. The monoisotopic (exact) mass is 407 g/mol. The van der Waals surface area contributed by atoms with Gasteiger partial charge in [0.15, 0.2) is 5.69 Å². The summed E-state index contributed by atoms with van der Waals surface area (Å²) in [6.07, 6.45) is 3.91. The molecule has 0 saturated carbocycles. The number of rotatable bonds is 2. The average molecular weight is 408 g/mol. The van der Waals surface area contributed by atoms with Crippen LogP contribution in [0.2, 0.25) is 0 Å². The second-order valence-corrected chi connectivity index (χ2v) is 8.39. The Balaban J connectivity index is 0.000000399. The van der Waals surface area contributed by atoms with E-state index in [0.717, 1.165) is 18.7 Å². The second-order valence-electron chi connectivity index (χ2n) is 5.35. The van der Waals surface area contributed by atoms with E-state index in [-0.39, 0.29) is 0 Å². The molecule has 4 N–H and O–H groups in total. The van der Waals surface area contributed by atoms with Crippen LogP contribution in [0.5, 0.6) is 0 Å². The van der Waals surface area contributed by atoms with Crippen molar-refractivity contribution in [3.05, 3.63) is 38.8 Å². The average Bonchev–Trinajstić information content (AvgIpc) is 3.04. The van der Waals surface area contributed by atoms with Crippen LogP contribution in [-0.2, 0) is 10.4 Å². The number of benzene rings is 1. The van der Waals surface area contributed by atoms with Gasteiger partial charge in [-0.15, -0.1) is 0 Å². The lowest BCUT2D eigenvalue weighted by atomic mass is 10.2. The van der Waals surface area contributed by atoms with Gasteiger partial charge in [-0.2, -0.15) is 13.6 Å². The van der Waals surface area contributed by atoms with Crippen molar-refractivity contribution in [2.24, 2.45) is 0 Å². The Morgan fingerprint density at radius 2 is 1.64 bits per heavy atom. The van der Waals surface area contributed by atoms with Crippen molar-refractivity contribution >= 4 is 38.8 Å². The molecule has 138 valence electrons. The van der Waals surface area contributed by atoms with Gasteiger partial charge in [-0.25, -0.2) is 9.78 Å². The molecule has 25 heavy (non-hydrogen) atoms. The SMILES string of the molecule is O=S(=O)(O)O.[O-][NH+](O)c1ccc(-c2csc(=[N+]3CCCCC3)s2)cc1. The van der Waals surface area contributed by atoms with Gasteiger partial charge in [0, 0.05) is 30.4 Å². The summed E-state index contributed by atoms with van der Waals surface area (Å²) in [4.78, 5) is 1.22. The van der Waals surface area contributed by atoms with Gasteiger partial charge in [-0.3, -0.25) is 9.11 Å². The van der Waals surface area contributed by atoms with Crippen LogP contribution in [0.15, 0.2) is 29.6 Å². The standard InChI is InChI=1S/C14H17N2O2S2.H2O4S/c17-16(18)12-6-4-11(5-7-12)13-10-19-14(20-13)15-8-2-1-3-9-15;1-5(2,3)4/h4-7,10,16-17H,1-3,8-9H2;(H2,1,2,3,4)/q+1;. The highest BCUT2D eigenvalue weighted by molar-refractivity contribution is 7.79. The Labute approximate surface area is 153 Å². The molecular weight excluding hydrogens is 388 g/mol. The van der Waals surface area contributed by atoms with Gasteiger partial charge >= 0.3 is 14.4 Å². The Bertz CT molecular complexity index is 839. The van der Waals surface area contributed by atoms with Gasteiger partial charge in [-0.05, 0) is 24.1 Å². The summed E-state index contributed by atoms with van der Waals surface area (Å²) in [6, 6.07) is 7.12. The van der Waals surface area contributed by atoms with Gasteiger partial charge in [0.2, 0.25) is 0 Å². The molecule has 3 rings (SSSR count). The molecule has 1 aliphatic rings. The molecule has 1 aromatic heterocycles. The normalized spacial score (nSPS) is 16.1. The van der Waals surface area contributed by atoms with Crippen LogP contribution in [-0.4, -0.2) is 35.8 Å². The fourth-order valence-corrected chi connectivity index (χ4v) is 4.74. The van der Waals surface area contributed by atoms with E-state index < -0.39 is 15.6 Å². The van der Waals surface area contributed by atoms with Crippen molar-refractivity contribution < 1.29 is 28.0 Å². The van der Waals surface area contributed by atoms with Crippen molar-refractivity contribution in [1.29, 1.82) is 0 Å². The first-order valence-electron chi connectivity index (χ1n) is 7.44. The molecule has 1 aromatic carbocycles. The van der Waals surface area contributed by atoms with E-state index in [0.29, 0.717) is 5.69 Å². The summed E-state index contributed by atoms with van der Waals surface area (Å²) >= 11 is 3.59. The molecule has 1 unspecified atom stereocenters. The van der Waals surface area contributed by atoms with Gasteiger partial charge in [-0.1, -0.05) is 22.7 Å². The van der Waals surface area contributed by atoms with E-state index in [9.17, 15) is 5.21 Å². The van der Waals surface area contributed by atoms with E-state index in [2.05, 4.69) is 9.96 Å². The smallest absolute Gasteiger partial charge is 0.394 e. The van der Waals surface area contributed by atoms with Crippen LogP contribution in [0.25, 0.3) is 10.4 Å². The Kier molecular flexibility index (Phi) is 7.22. The molecule has 8 nitrogen and oxygen atoms in total. The van der Waals surface area contributed by atoms with Crippen LogP contribution in [0.1, 0.15) is 19.3 Å². The molecular formula is C14H19N2O6S3+. The number of piperidine rings is 1. The molecule has 1 aliphatic heterocycles. The Morgan fingerprint density at radius 3 is 2.16 bits per heavy atom. The predicted octanol–water partition coefficient (Wildman–Crippen LogP) is 1.18.